The minimum atomic E-state index is -3.79. The van der Waals surface area contributed by atoms with Gasteiger partial charge in [-0.2, -0.15) is 0 Å². The number of aryl methyl sites for hydroxylation is 1. The van der Waals surface area contributed by atoms with Crippen molar-refractivity contribution in [3.8, 4) is 0 Å². The standard InChI is InChI=1S/C12H13ClO5S2/c1-7-5-11(20(17,18)8-3-4-8)10(19(2,15)16)6-9(7)12(13)14/h5-6,8H,3-4H2,1-2H3. The van der Waals surface area contributed by atoms with Crippen molar-refractivity contribution in [1.82, 2.24) is 0 Å². The Morgan fingerprint density at radius 1 is 1.15 bits per heavy atom. The Kier molecular flexibility index (Phi) is 3.73. The molecule has 0 heterocycles. The molecule has 0 aliphatic heterocycles. The number of carbonyl (C=O) groups is 1. The van der Waals surface area contributed by atoms with Gasteiger partial charge in [-0.3, -0.25) is 4.79 Å². The summed E-state index contributed by atoms with van der Waals surface area (Å²) in [6.45, 7) is 1.52. The molecule has 0 bridgehead atoms. The van der Waals surface area contributed by atoms with E-state index < -0.39 is 30.2 Å². The number of carbonyl (C=O) groups excluding carboxylic acids is 1. The molecule has 1 fully saturated rings. The fourth-order valence-electron chi connectivity index (χ4n) is 1.94. The van der Waals surface area contributed by atoms with Crippen LogP contribution in [0.15, 0.2) is 21.9 Å². The summed E-state index contributed by atoms with van der Waals surface area (Å²) < 4.78 is 48.2. The van der Waals surface area contributed by atoms with Crippen molar-refractivity contribution in [1.29, 1.82) is 0 Å². The number of hydrogen-bond donors (Lipinski definition) is 0. The van der Waals surface area contributed by atoms with E-state index >= 15 is 0 Å². The van der Waals surface area contributed by atoms with Crippen LogP contribution in [0.1, 0.15) is 28.8 Å². The minimum Gasteiger partial charge on any atom is -0.276 e. The first-order valence-electron chi connectivity index (χ1n) is 5.83. The molecule has 0 N–H and O–H groups in total. The van der Waals surface area contributed by atoms with Gasteiger partial charge in [0.2, 0.25) is 0 Å². The molecule has 0 unspecified atom stereocenters. The van der Waals surface area contributed by atoms with Crippen LogP contribution in [-0.4, -0.2) is 33.6 Å². The van der Waals surface area contributed by atoms with Crippen LogP contribution in [0.3, 0.4) is 0 Å². The first kappa shape index (κ1) is 15.5. The molecule has 0 aromatic heterocycles. The van der Waals surface area contributed by atoms with Gasteiger partial charge in [0.05, 0.1) is 15.0 Å². The molecule has 2 rings (SSSR count). The summed E-state index contributed by atoms with van der Waals surface area (Å²) in [5.41, 5.74) is 0.346. The first-order chi connectivity index (χ1) is 9.05. The highest BCUT2D eigenvalue weighted by molar-refractivity contribution is 7.94. The van der Waals surface area contributed by atoms with Crippen molar-refractivity contribution in [2.75, 3.05) is 6.26 Å². The molecule has 0 saturated heterocycles. The molecule has 20 heavy (non-hydrogen) atoms. The Morgan fingerprint density at radius 2 is 1.70 bits per heavy atom. The second-order valence-electron chi connectivity index (χ2n) is 4.90. The van der Waals surface area contributed by atoms with Gasteiger partial charge < -0.3 is 0 Å². The van der Waals surface area contributed by atoms with Crippen molar-refractivity contribution in [3.05, 3.63) is 23.3 Å². The van der Waals surface area contributed by atoms with E-state index in [0.717, 1.165) is 12.3 Å². The van der Waals surface area contributed by atoms with E-state index in [-0.39, 0.29) is 15.4 Å². The van der Waals surface area contributed by atoms with Crippen LogP contribution in [0, 0.1) is 6.92 Å². The molecule has 1 aromatic carbocycles. The van der Waals surface area contributed by atoms with Gasteiger partial charge in [-0.25, -0.2) is 16.8 Å². The summed E-state index contributed by atoms with van der Waals surface area (Å²) >= 11 is 5.39. The molecule has 0 amide bonds. The lowest BCUT2D eigenvalue weighted by atomic mass is 10.1. The van der Waals surface area contributed by atoms with Crippen molar-refractivity contribution < 1.29 is 21.6 Å². The third kappa shape index (κ3) is 2.75. The molecule has 1 aliphatic carbocycles. The van der Waals surface area contributed by atoms with Gasteiger partial charge in [0, 0.05) is 11.8 Å². The third-order valence-electron chi connectivity index (χ3n) is 3.17. The lowest BCUT2D eigenvalue weighted by molar-refractivity contribution is 0.108. The summed E-state index contributed by atoms with van der Waals surface area (Å²) in [5.74, 6) is 0. The Bertz CT molecular complexity index is 789. The summed E-state index contributed by atoms with van der Waals surface area (Å²) in [4.78, 5) is 10.7. The molecular weight excluding hydrogens is 324 g/mol. The summed E-state index contributed by atoms with van der Waals surface area (Å²) in [7, 11) is -7.46. The van der Waals surface area contributed by atoms with Gasteiger partial charge in [-0.15, -0.1) is 0 Å². The largest absolute Gasteiger partial charge is 0.276 e. The Hall–Kier alpha value is -0.920. The van der Waals surface area contributed by atoms with E-state index in [0.29, 0.717) is 18.4 Å². The Morgan fingerprint density at radius 3 is 2.10 bits per heavy atom. The fourth-order valence-corrected chi connectivity index (χ4v) is 5.50. The average molecular weight is 337 g/mol. The average Bonchev–Trinajstić information content (AvgIpc) is 3.10. The maximum atomic E-state index is 12.3. The highest BCUT2D eigenvalue weighted by Crippen LogP contribution is 2.37. The number of hydrogen-bond acceptors (Lipinski definition) is 5. The van der Waals surface area contributed by atoms with Gasteiger partial charge in [0.25, 0.3) is 5.24 Å². The van der Waals surface area contributed by atoms with E-state index in [1.807, 2.05) is 0 Å². The molecule has 1 aliphatic rings. The fraction of sp³-hybridized carbons (Fsp3) is 0.417. The highest BCUT2D eigenvalue weighted by atomic mass is 35.5. The van der Waals surface area contributed by atoms with Crippen molar-refractivity contribution in [3.63, 3.8) is 0 Å². The predicted molar refractivity (Wildman–Crippen MR) is 74.7 cm³/mol. The molecule has 0 atom stereocenters. The lowest BCUT2D eigenvalue weighted by Crippen LogP contribution is -2.14. The van der Waals surface area contributed by atoms with Gasteiger partial charge in [0.1, 0.15) is 0 Å². The maximum Gasteiger partial charge on any atom is 0.252 e. The van der Waals surface area contributed by atoms with Crippen molar-refractivity contribution in [2.45, 2.75) is 34.8 Å². The summed E-state index contributed by atoms with van der Waals surface area (Å²) in [6, 6.07) is 2.27. The van der Waals surface area contributed by atoms with Crippen molar-refractivity contribution >= 4 is 36.5 Å². The summed E-state index contributed by atoms with van der Waals surface area (Å²) in [6.07, 6.45) is 1.97. The van der Waals surface area contributed by atoms with Crippen molar-refractivity contribution in [2.24, 2.45) is 0 Å². The van der Waals surface area contributed by atoms with E-state index in [2.05, 4.69) is 0 Å². The smallest absolute Gasteiger partial charge is 0.252 e. The van der Waals surface area contributed by atoms with E-state index in [1.54, 1.807) is 0 Å². The zero-order valence-corrected chi connectivity index (χ0v) is 13.3. The quantitative estimate of drug-likeness (QED) is 0.781. The Balaban J connectivity index is 2.81. The first-order valence-corrected chi connectivity index (χ1v) is 9.65. The normalized spacial score (nSPS) is 16.1. The summed E-state index contributed by atoms with van der Waals surface area (Å²) in [5, 5.41) is -1.34. The van der Waals surface area contributed by atoms with Crippen LogP contribution < -0.4 is 0 Å². The maximum absolute atomic E-state index is 12.3. The number of benzene rings is 1. The van der Waals surface area contributed by atoms with Gasteiger partial charge in [-0.1, -0.05) is 0 Å². The highest BCUT2D eigenvalue weighted by Gasteiger charge is 2.39. The Labute approximate surface area is 122 Å². The monoisotopic (exact) mass is 336 g/mol. The second kappa shape index (κ2) is 4.82. The van der Waals surface area contributed by atoms with E-state index in [9.17, 15) is 21.6 Å². The number of halogens is 1. The number of rotatable bonds is 4. The SMILES string of the molecule is Cc1cc(S(=O)(=O)C2CC2)c(S(C)(=O)=O)cc1C(=O)Cl. The molecule has 5 nitrogen and oxygen atoms in total. The molecule has 0 radical (unpaired) electrons. The molecule has 110 valence electrons. The van der Waals surface area contributed by atoms with Crippen LogP contribution in [0.4, 0.5) is 0 Å². The lowest BCUT2D eigenvalue weighted by Gasteiger charge is -2.12. The van der Waals surface area contributed by atoms with Crippen LogP contribution in [-0.2, 0) is 19.7 Å². The van der Waals surface area contributed by atoms with E-state index in [4.69, 9.17) is 11.6 Å². The molecule has 0 spiro atoms. The third-order valence-corrected chi connectivity index (χ3v) is 6.94. The molecule has 1 saturated carbocycles. The molecular formula is C12H13ClO5S2. The van der Waals surface area contributed by atoms with Crippen LogP contribution in [0.5, 0.6) is 0 Å². The van der Waals surface area contributed by atoms with E-state index in [1.165, 1.54) is 13.0 Å². The molecule has 1 aromatic rings. The van der Waals surface area contributed by atoms with Gasteiger partial charge in [-0.05, 0) is 49.1 Å². The predicted octanol–water partition coefficient (Wildman–Crippen LogP) is 1.71. The van der Waals surface area contributed by atoms with Gasteiger partial charge >= 0.3 is 0 Å². The minimum absolute atomic E-state index is 0.00170. The molecule has 8 heteroatoms. The van der Waals surface area contributed by atoms with Crippen LogP contribution >= 0.6 is 11.6 Å². The van der Waals surface area contributed by atoms with Gasteiger partial charge in [0.15, 0.2) is 19.7 Å². The topological polar surface area (TPSA) is 85.3 Å². The van der Waals surface area contributed by atoms with Crippen LogP contribution in [0.2, 0.25) is 0 Å². The zero-order chi connectivity index (χ0) is 15.3. The zero-order valence-electron chi connectivity index (χ0n) is 10.9. The van der Waals surface area contributed by atoms with Crippen LogP contribution in [0.25, 0.3) is 0 Å². The second-order valence-corrected chi connectivity index (χ2v) is 9.43. The number of sulfone groups is 2.